The first kappa shape index (κ1) is 16.8. The van der Waals surface area contributed by atoms with Gasteiger partial charge in [0.1, 0.15) is 11.5 Å². The van der Waals surface area contributed by atoms with E-state index in [1.165, 1.54) is 16.4 Å². The van der Waals surface area contributed by atoms with Gasteiger partial charge in [0.25, 0.3) is 0 Å². The van der Waals surface area contributed by atoms with Crippen molar-refractivity contribution in [3.05, 3.63) is 53.6 Å². The molecule has 8 heteroatoms. The van der Waals surface area contributed by atoms with Gasteiger partial charge in [-0.25, -0.2) is 8.42 Å². The lowest BCUT2D eigenvalue weighted by atomic mass is 10.3. The van der Waals surface area contributed by atoms with Crippen molar-refractivity contribution < 1.29 is 17.9 Å². The molecule has 2 aromatic rings. The highest BCUT2D eigenvalue weighted by molar-refractivity contribution is 7.89. The molecule has 0 atom stereocenters. The fourth-order valence-electron chi connectivity index (χ4n) is 2.24. The number of benzene rings is 2. The van der Waals surface area contributed by atoms with Crippen LogP contribution in [0.15, 0.2) is 53.4 Å². The molecule has 1 N–H and O–H groups in total. The van der Waals surface area contributed by atoms with Gasteiger partial charge in [-0.3, -0.25) is 4.79 Å². The van der Waals surface area contributed by atoms with E-state index in [1.807, 2.05) is 0 Å². The third-order valence-corrected chi connectivity index (χ3v) is 5.66. The molecule has 0 bridgehead atoms. The van der Waals surface area contributed by atoms with Crippen LogP contribution in [0.5, 0.6) is 11.5 Å². The molecule has 1 heterocycles. The van der Waals surface area contributed by atoms with Crippen molar-refractivity contribution in [2.45, 2.75) is 11.3 Å². The first-order valence-corrected chi connectivity index (χ1v) is 9.07. The van der Waals surface area contributed by atoms with E-state index in [1.54, 1.807) is 36.4 Å². The number of nitrogens with zero attached hydrogens (tertiary/aromatic N) is 1. The van der Waals surface area contributed by atoms with E-state index < -0.39 is 10.0 Å². The van der Waals surface area contributed by atoms with Crippen molar-refractivity contribution in [2.24, 2.45) is 0 Å². The summed E-state index contributed by atoms with van der Waals surface area (Å²) in [4.78, 5) is 11.3. The normalized spacial score (nSPS) is 15.8. The Hall–Kier alpha value is -2.09. The number of ether oxygens (including phenoxy) is 1. The summed E-state index contributed by atoms with van der Waals surface area (Å²) in [7, 11) is -3.64. The van der Waals surface area contributed by atoms with E-state index >= 15 is 0 Å². The fraction of sp³-hybridized carbons (Fsp3) is 0.188. The lowest BCUT2D eigenvalue weighted by Crippen LogP contribution is -2.47. The number of hydrogen-bond donors (Lipinski definition) is 1. The molecule has 0 radical (unpaired) electrons. The molecule has 2 aromatic carbocycles. The molecule has 1 fully saturated rings. The van der Waals surface area contributed by atoms with E-state index in [0.717, 1.165) is 0 Å². The SMILES string of the molecule is O=C1CCN(S(=O)(=O)c2ccc(Oc3ccc(Cl)cc3)cc2)CN1. The van der Waals surface area contributed by atoms with Crippen molar-refractivity contribution in [1.82, 2.24) is 9.62 Å². The second kappa shape index (κ2) is 6.80. The van der Waals surface area contributed by atoms with Crippen LogP contribution < -0.4 is 10.1 Å². The summed E-state index contributed by atoms with van der Waals surface area (Å²) in [5.41, 5.74) is 0. The summed E-state index contributed by atoms with van der Waals surface area (Å²) < 4.78 is 31.9. The summed E-state index contributed by atoms with van der Waals surface area (Å²) in [6.07, 6.45) is 0.164. The molecule has 0 aromatic heterocycles. The summed E-state index contributed by atoms with van der Waals surface area (Å²) in [6.45, 7) is 0.168. The minimum atomic E-state index is -3.64. The predicted octanol–water partition coefficient (Wildman–Crippen LogP) is 2.60. The molecule has 3 rings (SSSR count). The van der Waals surface area contributed by atoms with Crippen LogP contribution in [0.25, 0.3) is 0 Å². The average Bonchev–Trinajstić information content (AvgIpc) is 2.58. The minimum absolute atomic E-state index is 0.00973. The Morgan fingerprint density at radius 2 is 1.58 bits per heavy atom. The van der Waals surface area contributed by atoms with Crippen LogP contribution in [0.1, 0.15) is 6.42 Å². The van der Waals surface area contributed by atoms with Gasteiger partial charge in [-0.2, -0.15) is 4.31 Å². The summed E-state index contributed by atoms with van der Waals surface area (Å²) >= 11 is 5.82. The number of sulfonamides is 1. The van der Waals surface area contributed by atoms with E-state index in [4.69, 9.17) is 16.3 Å². The van der Waals surface area contributed by atoms with Gasteiger partial charge in [0.15, 0.2) is 0 Å². The molecule has 1 amide bonds. The van der Waals surface area contributed by atoms with Gasteiger partial charge >= 0.3 is 0 Å². The number of halogens is 1. The van der Waals surface area contributed by atoms with Crippen LogP contribution in [0.2, 0.25) is 5.02 Å². The maximum Gasteiger partial charge on any atom is 0.244 e. The van der Waals surface area contributed by atoms with Gasteiger partial charge in [0.05, 0.1) is 11.6 Å². The van der Waals surface area contributed by atoms with Crippen molar-refractivity contribution in [1.29, 1.82) is 0 Å². The van der Waals surface area contributed by atoms with Gasteiger partial charge in [0, 0.05) is 18.0 Å². The molecule has 1 saturated heterocycles. The largest absolute Gasteiger partial charge is 0.457 e. The zero-order valence-electron chi connectivity index (χ0n) is 12.6. The molecule has 0 aliphatic carbocycles. The molecular formula is C16H15ClN2O4S. The van der Waals surface area contributed by atoms with Gasteiger partial charge in [-0.15, -0.1) is 0 Å². The smallest absolute Gasteiger partial charge is 0.244 e. The topological polar surface area (TPSA) is 75.7 Å². The van der Waals surface area contributed by atoms with E-state index in [-0.39, 0.29) is 30.4 Å². The zero-order valence-corrected chi connectivity index (χ0v) is 14.2. The quantitative estimate of drug-likeness (QED) is 0.902. The lowest BCUT2D eigenvalue weighted by molar-refractivity contribution is -0.123. The summed E-state index contributed by atoms with van der Waals surface area (Å²) in [5, 5.41) is 3.14. The van der Waals surface area contributed by atoms with Crippen molar-refractivity contribution in [2.75, 3.05) is 13.2 Å². The zero-order chi connectivity index (χ0) is 17.2. The van der Waals surface area contributed by atoms with E-state index in [0.29, 0.717) is 16.5 Å². The maximum absolute atomic E-state index is 12.5. The van der Waals surface area contributed by atoms with Gasteiger partial charge in [0.2, 0.25) is 15.9 Å². The highest BCUT2D eigenvalue weighted by atomic mass is 35.5. The van der Waals surface area contributed by atoms with E-state index in [2.05, 4.69) is 5.32 Å². The van der Waals surface area contributed by atoms with Crippen LogP contribution in [0, 0.1) is 0 Å². The number of hydrogen-bond acceptors (Lipinski definition) is 4. The van der Waals surface area contributed by atoms with Crippen LogP contribution in [-0.2, 0) is 14.8 Å². The lowest BCUT2D eigenvalue weighted by Gasteiger charge is -2.26. The third kappa shape index (κ3) is 3.69. The molecule has 0 unspecified atom stereocenters. The second-order valence-electron chi connectivity index (χ2n) is 5.22. The molecule has 24 heavy (non-hydrogen) atoms. The number of rotatable bonds is 4. The minimum Gasteiger partial charge on any atom is -0.457 e. The Bertz CT molecular complexity index is 825. The Morgan fingerprint density at radius 1 is 1.00 bits per heavy atom. The molecule has 1 aliphatic heterocycles. The van der Waals surface area contributed by atoms with Crippen molar-refractivity contribution in [3.8, 4) is 11.5 Å². The predicted molar refractivity (Wildman–Crippen MR) is 89.5 cm³/mol. The first-order valence-electron chi connectivity index (χ1n) is 7.25. The summed E-state index contributed by atoms with van der Waals surface area (Å²) in [6, 6.07) is 13.0. The molecule has 1 aliphatic rings. The Balaban J connectivity index is 1.73. The monoisotopic (exact) mass is 366 g/mol. The Morgan fingerprint density at radius 3 is 2.12 bits per heavy atom. The van der Waals surface area contributed by atoms with Crippen LogP contribution >= 0.6 is 11.6 Å². The van der Waals surface area contributed by atoms with Crippen LogP contribution in [0.4, 0.5) is 0 Å². The molecular weight excluding hydrogens is 352 g/mol. The van der Waals surface area contributed by atoms with Gasteiger partial charge in [-0.1, -0.05) is 11.6 Å². The highest BCUT2D eigenvalue weighted by Crippen LogP contribution is 2.25. The first-order chi connectivity index (χ1) is 11.4. The van der Waals surface area contributed by atoms with Crippen molar-refractivity contribution >= 4 is 27.5 Å². The second-order valence-corrected chi connectivity index (χ2v) is 7.59. The Kier molecular flexibility index (Phi) is 4.75. The molecule has 126 valence electrons. The standard InChI is InChI=1S/C16H15ClN2O4S/c17-12-1-3-13(4-2-12)23-14-5-7-15(8-6-14)24(21,22)19-10-9-16(20)18-11-19/h1-8H,9-11H2,(H,18,20). The van der Waals surface area contributed by atoms with Gasteiger partial charge in [-0.05, 0) is 48.5 Å². The van der Waals surface area contributed by atoms with Crippen LogP contribution in [0.3, 0.4) is 0 Å². The Labute approximate surface area is 145 Å². The third-order valence-electron chi connectivity index (χ3n) is 3.55. The number of nitrogens with one attached hydrogen (secondary N) is 1. The fourth-order valence-corrected chi connectivity index (χ4v) is 3.71. The van der Waals surface area contributed by atoms with Crippen molar-refractivity contribution in [3.63, 3.8) is 0 Å². The maximum atomic E-state index is 12.5. The number of carbonyl (C=O) groups is 1. The van der Waals surface area contributed by atoms with Crippen LogP contribution in [-0.4, -0.2) is 31.8 Å². The molecule has 6 nitrogen and oxygen atoms in total. The van der Waals surface area contributed by atoms with E-state index in [9.17, 15) is 13.2 Å². The average molecular weight is 367 g/mol. The highest BCUT2D eigenvalue weighted by Gasteiger charge is 2.28. The van der Waals surface area contributed by atoms with Gasteiger partial charge < -0.3 is 10.1 Å². The summed E-state index contributed by atoms with van der Waals surface area (Å²) in [5.74, 6) is 0.977. The molecule has 0 spiro atoms. The molecule has 0 saturated carbocycles. The number of carbonyl (C=O) groups excluding carboxylic acids is 1. The number of amides is 1.